The number of nitrogens with zero attached hydrogens (tertiary/aromatic N) is 4. The van der Waals surface area contributed by atoms with E-state index in [9.17, 15) is 14.0 Å². The van der Waals surface area contributed by atoms with E-state index in [1.807, 2.05) is 23.1 Å². The fourth-order valence-electron chi connectivity index (χ4n) is 4.69. The number of anilines is 1. The summed E-state index contributed by atoms with van der Waals surface area (Å²) < 4.78 is 19.6. The fraction of sp³-hybridized carbons (Fsp3) is 0.500. The maximum absolute atomic E-state index is 14.2. The summed E-state index contributed by atoms with van der Waals surface area (Å²) in [6, 6.07) is 10.5. The number of para-hydroxylation sites is 1. The van der Waals surface area contributed by atoms with Gasteiger partial charge in [-0.15, -0.1) is 0 Å². The molecule has 0 spiro atoms. The largest absolute Gasteiger partial charge is 0.379 e. The molecule has 3 heterocycles. The number of amides is 2. The van der Waals surface area contributed by atoms with Crippen molar-refractivity contribution in [1.82, 2.24) is 25.4 Å². The Hall–Kier alpha value is -3.08. The van der Waals surface area contributed by atoms with Crippen molar-refractivity contribution in [3.05, 3.63) is 60.2 Å². The quantitative estimate of drug-likeness (QED) is 0.394. The first kappa shape index (κ1) is 26.0. The van der Waals surface area contributed by atoms with Crippen LogP contribution in [0.15, 0.2) is 48.8 Å². The van der Waals surface area contributed by atoms with E-state index >= 15 is 0 Å². The molecule has 1 aromatic heterocycles. The summed E-state index contributed by atoms with van der Waals surface area (Å²) in [4.78, 5) is 35.6. The molecule has 2 aliphatic heterocycles. The van der Waals surface area contributed by atoms with Gasteiger partial charge in [0, 0.05) is 64.8 Å². The summed E-state index contributed by atoms with van der Waals surface area (Å²) in [5, 5.41) is 5.52. The van der Waals surface area contributed by atoms with Crippen molar-refractivity contribution < 1.29 is 18.7 Å². The summed E-state index contributed by atoms with van der Waals surface area (Å²) in [6.07, 6.45) is 4.27. The second kappa shape index (κ2) is 13.3. The average molecular weight is 499 g/mol. The maximum Gasteiger partial charge on any atom is 0.309 e. The molecule has 1 atom stereocenters. The Kier molecular flexibility index (Phi) is 9.60. The van der Waals surface area contributed by atoms with Crippen molar-refractivity contribution in [3.8, 4) is 0 Å². The van der Waals surface area contributed by atoms with E-state index in [0.717, 1.165) is 44.8 Å². The number of rotatable bonds is 9. The molecule has 4 rings (SSSR count). The Morgan fingerprint density at radius 1 is 0.972 bits per heavy atom. The highest BCUT2D eigenvalue weighted by atomic mass is 19.1. The smallest absolute Gasteiger partial charge is 0.309 e. The highest BCUT2D eigenvalue weighted by Crippen LogP contribution is 2.25. The summed E-state index contributed by atoms with van der Waals surface area (Å²) in [6.45, 7) is 7.60. The van der Waals surface area contributed by atoms with E-state index in [-0.39, 0.29) is 18.4 Å². The molecule has 0 radical (unpaired) electrons. The van der Waals surface area contributed by atoms with Crippen molar-refractivity contribution in [1.29, 1.82) is 0 Å². The van der Waals surface area contributed by atoms with Crippen molar-refractivity contribution in [2.24, 2.45) is 0 Å². The van der Waals surface area contributed by atoms with Crippen LogP contribution in [-0.4, -0.2) is 98.7 Å². The third-order valence-electron chi connectivity index (χ3n) is 6.72. The third-order valence-corrected chi connectivity index (χ3v) is 6.72. The number of benzene rings is 1. The zero-order valence-corrected chi connectivity index (χ0v) is 20.6. The van der Waals surface area contributed by atoms with Gasteiger partial charge in [0.1, 0.15) is 5.82 Å². The minimum absolute atomic E-state index is 0.139. The monoisotopic (exact) mass is 498 g/mol. The van der Waals surface area contributed by atoms with Gasteiger partial charge in [0.05, 0.1) is 24.9 Å². The zero-order valence-electron chi connectivity index (χ0n) is 20.6. The average Bonchev–Trinajstić information content (AvgIpc) is 2.93. The van der Waals surface area contributed by atoms with E-state index in [1.54, 1.807) is 24.5 Å². The number of halogens is 1. The van der Waals surface area contributed by atoms with Gasteiger partial charge in [-0.25, -0.2) is 4.39 Å². The molecule has 10 heteroatoms. The first-order chi connectivity index (χ1) is 17.6. The molecule has 2 amide bonds. The number of ether oxygens (including phenoxy) is 1. The van der Waals surface area contributed by atoms with E-state index in [1.165, 1.54) is 6.07 Å². The molecule has 2 N–H and O–H groups in total. The number of aromatic nitrogens is 1. The number of pyridine rings is 1. The van der Waals surface area contributed by atoms with Gasteiger partial charge in [-0.2, -0.15) is 0 Å². The van der Waals surface area contributed by atoms with Crippen LogP contribution in [0.25, 0.3) is 0 Å². The van der Waals surface area contributed by atoms with Gasteiger partial charge >= 0.3 is 11.8 Å². The van der Waals surface area contributed by atoms with Gasteiger partial charge in [0.15, 0.2) is 0 Å². The molecule has 0 aliphatic carbocycles. The van der Waals surface area contributed by atoms with Crippen LogP contribution >= 0.6 is 0 Å². The summed E-state index contributed by atoms with van der Waals surface area (Å²) in [5.74, 6) is -1.48. The van der Waals surface area contributed by atoms with E-state index in [4.69, 9.17) is 4.74 Å². The Morgan fingerprint density at radius 3 is 2.44 bits per heavy atom. The maximum atomic E-state index is 14.2. The first-order valence-electron chi connectivity index (χ1n) is 12.6. The number of hydrogen-bond donors (Lipinski definition) is 2. The number of nitrogens with one attached hydrogen (secondary N) is 2. The van der Waals surface area contributed by atoms with Gasteiger partial charge in [0.25, 0.3) is 0 Å². The molecule has 0 bridgehead atoms. The van der Waals surface area contributed by atoms with Gasteiger partial charge in [-0.1, -0.05) is 18.2 Å². The number of hydrogen-bond acceptors (Lipinski definition) is 7. The predicted octanol–water partition coefficient (Wildman–Crippen LogP) is 1.04. The number of carbonyl (C=O) groups excluding carboxylic acids is 2. The lowest BCUT2D eigenvalue weighted by Crippen LogP contribution is -2.51. The van der Waals surface area contributed by atoms with E-state index in [2.05, 4.69) is 25.4 Å². The van der Waals surface area contributed by atoms with E-state index < -0.39 is 11.8 Å². The number of carbonyl (C=O) groups is 2. The normalized spacial score (nSPS) is 18.0. The highest BCUT2D eigenvalue weighted by molar-refractivity contribution is 6.35. The summed E-state index contributed by atoms with van der Waals surface area (Å²) in [5.41, 5.74) is 1.57. The number of morpholine rings is 1. The van der Waals surface area contributed by atoms with Crippen molar-refractivity contribution in [2.45, 2.75) is 12.5 Å². The summed E-state index contributed by atoms with van der Waals surface area (Å²) >= 11 is 0. The van der Waals surface area contributed by atoms with Crippen LogP contribution in [-0.2, 0) is 14.3 Å². The van der Waals surface area contributed by atoms with Crippen LogP contribution < -0.4 is 15.5 Å². The lowest BCUT2D eigenvalue weighted by molar-refractivity contribution is -0.139. The second-order valence-electron chi connectivity index (χ2n) is 9.05. The minimum atomic E-state index is -0.639. The Morgan fingerprint density at radius 2 is 1.72 bits per heavy atom. The molecule has 2 aromatic rings. The Bertz CT molecular complexity index is 981. The molecule has 2 aliphatic rings. The topological polar surface area (TPSA) is 90.0 Å². The van der Waals surface area contributed by atoms with Crippen molar-refractivity contribution in [2.75, 3.05) is 77.0 Å². The number of piperazine rings is 1. The Balaban J connectivity index is 1.27. The molecular formula is C26H35FN6O3. The zero-order chi connectivity index (χ0) is 25.2. The van der Waals surface area contributed by atoms with Crippen LogP contribution in [0.3, 0.4) is 0 Å². The Labute approximate surface area is 211 Å². The van der Waals surface area contributed by atoms with E-state index in [0.29, 0.717) is 38.4 Å². The van der Waals surface area contributed by atoms with Gasteiger partial charge in [-0.05, 0) is 36.7 Å². The fourth-order valence-corrected chi connectivity index (χ4v) is 4.69. The van der Waals surface area contributed by atoms with Crippen LogP contribution in [0.4, 0.5) is 10.1 Å². The van der Waals surface area contributed by atoms with Crippen LogP contribution in [0.2, 0.25) is 0 Å². The molecule has 0 unspecified atom stereocenters. The van der Waals surface area contributed by atoms with Crippen molar-refractivity contribution >= 4 is 17.5 Å². The van der Waals surface area contributed by atoms with Crippen LogP contribution in [0.5, 0.6) is 0 Å². The highest BCUT2D eigenvalue weighted by Gasteiger charge is 2.27. The lowest BCUT2D eigenvalue weighted by atomic mass is 10.1. The van der Waals surface area contributed by atoms with Gasteiger partial charge < -0.3 is 20.3 Å². The standard InChI is InChI=1S/C26H35FN6O3/c27-22-6-1-2-7-23(22)32-11-13-33(14-12-32)24(21-5-3-8-28-19-21)20-30-26(35)25(34)29-9-4-10-31-15-17-36-18-16-31/h1-3,5-8,19,24H,4,9-18,20H2,(H,29,34)(H,30,35)/t24-/m0/s1. The van der Waals surface area contributed by atoms with Gasteiger partial charge in [-0.3, -0.25) is 24.4 Å². The third kappa shape index (κ3) is 7.22. The molecule has 194 valence electrons. The molecule has 2 saturated heterocycles. The molecule has 9 nitrogen and oxygen atoms in total. The molecule has 2 fully saturated rings. The molecular weight excluding hydrogens is 463 g/mol. The predicted molar refractivity (Wildman–Crippen MR) is 135 cm³/mol. The molecule has 0 saturated carbocycles. The van der Waals surface area contributed by atoms with Gasteiger partial charge in [0.2, 0.25) is 0 Å². The van der Waals surface area contributed by atoms with Crippen molar-refractivity contribution in [3.63, 3.8) is 0 Å². The van der Waals surface area contributed by atoms with Crippen LogP contribution in [0.1, 0.15) is 18.0 Å². The second-order valence-corrected chi connectivity index (χ2v) is 9.05. The molecule has 1 aromatic carbocycles. The lowest BCUT2D eigenvalue weighted by Gasteiger charge is -2.40. The SMILES string of the molecule is O=C(NCCCN1CCOCC1)C(=O)NC[C@@H](c1cccnc1)N1CCN(c2ccccc2F)CC1. The summed E-state index contributed by atoms with van der Waals surface area (Å²) in [7, 11) is 0. The molecule has 36 heavy (non-hydrogen) atoms. The van der Waals surface area contributed by atoms with Crippen LogP contribution in [0, 0.1) is 5.82 Å². The first-order valence-corrected chi connectivity index (χ1v) is 12.6. The minimum Gasteiger partial charge on any atom is -0.379 e.